The molecule has 0 spiro atoms. The number of nitrogens with zero attached hydrogens (tertiary/aromatic N) is 2. The van der Waals surface area contributed by atoms with Crippen LogP contribution in [0.4, 0.5) is 0 Å². The van der Waals surface area contributed by atoms with Crippen LogP contribution in [-0.4, -0.2) is 43.5 Å². The molecule has 0 aliphatic heterocycles. The van der Waals surface area contributed by atoms with Crippen molar-refractivity contribution in [3.63, 3.8) is 0 Å². The lowest BCUT2D eigenvalue weighted by atomic mass is 10.2. The molecule has 23 heavy (non-hydrogen) atoms. The first-order valence-electron chi connectivity index (χ1n) is 9.13. The Labute approximate surface area is 159 Å². The molecule has 0 unspecified atom stereocenters. The smallest absolute Gasteiger partial charge is 0.00554 e. The highest BCUT2D eigenvalue weighted by Gasteiger charge is 2.03. The van der Waals surface area contributed by atoms with Crippen LogP contribution in [0.2, 0.25) is 0 Å². The number of halogens is 2. The Morgan fingerprint density at radius 2 is 0.913 bits per heavy atom. The lowest BCUT2D eigenvalue weighted by Crippen LogP contribution is -2.27. The van der Waals surface area contributed by atoms with E-state index in [1.807, 2.05) is 19.0 Å². The van der Waals surface area contributed by atoms with Gasteiger partial charge in [0.2, 0.25) is 0 Å². The van der Waals surface area contributed by atoms with Crippen molar-refractivity contribution in [2.24, 2.45) is 0 Å². The zero-order chi connectivity index (χ0) is 16.3. The van der Waals surface area contributed by atoms with E-state index < -0.39 is 0 Å². The second-order valence-electron chi connectivity index (χ2n) is 6.11. The third-order valence-corrected chi connectivity index (χ3v) is 3.60. The summed E-state index contributed by atoms with van der Waals surface area (Å²) in [5.41, 5.74) is 0. The van der Waals surface area contributed by atoms with Crippen molar-refractivity contribution in [3.05, 3.63) is 12.8 Å². The van der Waals surface area contributed by atoms with Crippen molar-refractivity contribution in [2.45, 2.75) is 78.6 Å². The van der Waals surface area contributed by atoms with Crippen LogP contribution in [0.5, 0.6) is 0 Å². The van der Waals surface area contributed by atoms with E-state index in [0.29, 0.717) is 0 Å². The molecule has 0 aromatic carbocycles. The van der Waals surface area contributed by atoms with Gasteiger partial charge in [0, 0.05) is 14.1 Å². The Morgan fingerprint density at radius 1 is 0.652 bits per heavy atom. The van der Waals surface area contributed by atoms with Crippen LogP contribution < -0.4 is 0 Å². The van der Waals surface area contributed by atoms with Gasteiger partial charge in [-0.3, -0.25) is 0 Å². The molecule has 0 atom stereocenters. The molecule has 0 aromatic heterocycles. The van der Waals surface area contributed by atoms with Crippen molar-refractivity contribution < 1.29 is 0 Å². The van der Waals surface area contributed by atoms with Gasteiger partial charge in [-0.1, -0.05) is 65.9 Å². The molecule has 0 bridgehead atoms. The minimum Gasteiger partial charge on any atom is -0.384 e. The Hall–Kier alpha value is 0.0800. The molecule has 0 aliphatic rings. The molecular formula is C19H44Cl2N2. The third kappa shape index (κ3) is 30.5. The summed E-state index contributed by atoms with van der Waals surface area (Å²) in [6.07, 6.45) is 14.2. The number of unbranched alkanes of at least 4 members (excludes halogenated alkanes) is 6. The summed E-state index contributed by atoms with van der Waals surface area (Å²) in [5, 5.41) is 0. The maximum Gasteiger partial charge on any atom is 0.00554 e. The molecule has 0 N–H and O–H groups in total. The normalized spacial score (nSPS) is 9.30. The molecule has 2 nitrogen and oxygen atoms in total. The summed E-state index contributed by atoms with van der Waals surface area (Å²) in [5.74, 6) is 0. The third-order valence-electron chi connectivity index (χ3n) is 3.60. The van der Waals surface area contributed by atoms with E-state index in [1.54, 1.807) is 6.20 Å². The highest BCUT2D eigenvalue weighted by molar-refractivity contribution is 5.85. The molecule has 0 aromatic rings. The van der Waals surface area contributed by atoms with Crippen LogP contribution in [0.1, 0.15) is 78.6 Å². The second-order valence-corrected chi connectivity index (χ2v) is 6.11. The highest BCUT2D eigenvalue weighted by Crippen LogP contribution is 2.05. The van der Waals surface area contributed by atoms with Crippen LogP contribution in [0.15, 0.2) is 12.8 Å². The van der Waals surface area contributed by atoms with E-state index in [1.165, 1.54) is 77.4 Å². The van der Waals surface area contributed by atoms with Crippen molar-refractivity contribution in [1.82, 2.24) is 9.80 Å². The fourth-order valence-electron chi connectivity index (χ4n) is 2.09. The Morgan fingerprint density at radius 3 is 1.09 bits per heavy atom. The van der Waals surface area contributed by atoms with Gasteiger partial charge in [-0.2, -0.15) is 0 Å². The minimum atomic E-state index is 0. The van der Waals surface area contributed by atoms with Crippen LogP contribution >= 0.6 is 24.8 Å². The molecule has 4 heteroatoms. The molecular weight excluding hydrogens is 327 g/mol. The zero-order valence-electron chi connectivity index (χ0n) is 16.5. The van der Waals surface area contributed by atoms with Crippen LogP contribution in [-0.2, 0) is 0 Å². The summed E-state index contributed by atoms with van der Waals surface area (Å²) in [6.45, 7) is 14.4. The molecule has 0 saturated heterocycles. The summed E-state index contributed by atoms with van der Waals surface area (Å²) >= 11 is 0. The summed E-state index contributed by atoms with van der Waals surface area (Å²) in [4.78, 5) is 4.58. The molecule has 0 saturated carbocycles. The molecule has 0 heterocycles. The lowest BCUT2D eigenvalue weighted by molar-refractivity contribution is 0.256. The lowest BCUT2D eigenvalue weighted by Gasteiger charge is -2.22. The molecule has 0 radical (unpaired) electrons. The molecule has 0 amide bonds. The van der Waals surface area contributed by atoms with Crippen molar-refractivity contribution in [1.29, 1.82) is 0 Å². The standard InChI is InChI=1S/C15H33N.C4H9N.2ClH/c1-4-7-10-13-16(14-11-8-5-2)15-12-9-6-3;1-4-5(2)3;;/h4-15H2,1-3H3;4H,1H2,2-3H3;2*1H. The van der Waals surface area contributed by atoms with Gasteiger partial charge in [-0.15, -0.1) is 24.8 Å². The van der Waals surface area contributed by atoms with Crippen molar-refractivity contribution in [2.75, 3.05) is 33.7 Å². The largest absolute Gasteiger partial charge is 0.384 e. The predicted molar refractivity (Wildman–Crippen MR) is 113 cm³/mol. The molecule has 0 aliphatic carbocycles. The Bertz CT molecular complexity index is 176. The van der Waals surface area contributed by atoms with E-state index in [9.17, 15) is 0 Å². The monoisotopic (exact) mass is 370 g/mol. The van der Waals surface area contributed by atoms with E-state index in [0.717, 1.165) is 0 Å². The van der Waals surface area contributed by atoms with Gasteiger partial charge in [-0.05, 0) is 45.1 Å². The topological polar surface area (TPSA) is 6.48 Å². The summed E-state index contributed by atoms with van der Waals surface area (Å²) < 4.78 is 0. The number of hydrogen-bond acceptors (Lipinski definition) is 2. The Kier molecular flexibility index (Phi) is 36.2. The first-order valence-corrected chi connectivity index (χ1v) is 9.13. The predicted octanol–water partition coefficient (Wildman–Crippen LogP) is 6.39. The van der Waals surface area contributed by atoms with E-state index >= 15 is 0 Å². The van der Waals surface area contributed by atoms with Gasteiger partial charge < -0.3 is 9.80 Å². The average Bonchev–Trinajstić information content (AvgIpc) is 2.48. The van der Waals surface area contributed by atoms with E-state index in [4.69, 9.17) is 0 Å². The van der Waals surface area contributed by atoms with Gasteiger partial charge >= 0.3 is 0 Å². The van der Waals surface area contributed by atoms with Crippen LogP contribution in [0, 0.1) is 0 Å². The van der Waals surface area contributed by atoms with E-state index in [-0.39, 0.29) is 24.8 Å². The maximum absolute atomic E-state index is 3.49. The van der Waals surface area contributed by atoms with Crippen molar-refractivity contribution >= 4 is 24.8 Å². The summed E-state index contributed by atoms with van der Waals surface area (Å²) in [6, 6.07) is 0. The first-order chi connectivity index (χ1) is 10.1. The average molecular weight is 371 g/mol. The van der Waals surface area contributed by atoms with Gasteiger partial charge in [0.05, 0.1) is 0 Å². The maximum atomic E-state index is 3.49. The van der Waals surface area contributed by atoms with Gasteiger partial charge in [0.15, 0.2) is 0 Å². The molecule has 144 valence electrons. The number of rotatable bonds is 13. The fraction of sp³-hybridized carbons (Fsp3) is 0.895. The SMILES string of the molecule is C=CN(C)C.CCCCCN(CCCCC)CCCCC.Cl.Cl. The van der Waals surface area contributed by atoms with Crippen LogP contribution in [0.3, 0.4) is 0 Å². The molecule has 0 fully saturated rings. The van der Waals surface area contributed by atoms with Gasteiger partial charge in [-0.25, -0.2) is 0 Å². The second kappa shape index (κ2) is 27.0. The van der Waals surface area contributed by atoms with Crippen LogP contribution in [0.25, 0.3) is 0 Å². The zero-order valence-corrected chi connectivity index (χ0v) is 18.1. The van der Waals surface area contributed by atoms with Crippen molar-refractivity contribution in [3.8, 4) is 0 Å². The Balaban J connectivity index is -0.000000225. The summed E-state index contributed by atoms with van der Waals surface area (Å²) in [7, 11) is 3.88. The highest BCUT2D eigenvalue weighted by atomic mass is 35.5. The van der Waals surface area contributed by atoms with Gasteiger partial charge in [0.25, 0.3) is 0 Å². The molecule has 0 rings (SSSR count). The minimum absolute atomic E-state index is 0. The van der Waals surface area contributed by atoms with Gasteiger partial charge in [0.1, 0.15) is 0 Å². The number of hydrogen-bond donors (Lipinski definition) is 0. The first kappa shape index (κ1) is 30.9. The fourth-order valence-corrected chi connectivity index (χ4v) is 2.09. The van der Waals surface area contributed by atoms with E-state index in [2.05, 4.69) is 32.3 Å². The quantitative estimate of drug-likeness (QED) is 0.346.